The molecule has 1 aromatic heterocycles. The maximum Gasteiger partial charge on any atom is 0.272 e. The first-order chi connectivity index (χ1) is 10.7. The molecule has 1 saturated carbocycles. The van der Waals surface area contributed by atoms with Crippen LogP contribution in [0.2, 0.25) is 5.02 Å². The van der Waals surface area contributed by atoms with Gasteiger partial charge in [-0.2, -0.15) is 5.10 Å². The normalized spacial score (nSPS) is 20.1. The van der Waals surface area contributed by atoms with Crippen molar-refractivity contribution in [2.45, 2.75) is 25.3 Å². The molecule has 5 nitrogen and oxygen atoms in total. The molecule has 0 aliphatic heterocycles. The standard InChI is InChI=1S/C16H19ClN4O.ClH/c17-12-4-2-5-13(9-12)21-8-7-15(20-21)16(22)19-14-6-1-3-11(14)10-18;/h2,4-5,7-9,11,14H,1,3,6,10,18H2,(H,19,22);1H. The van der Waals surface area contributed by atoms with E-state index in [1.54, 1.807) is 29.1 Å². The van der Waals surface area contributed by atoms with E-state index in [1.165, 1.54) is 0 Å². The van der Waals surface area contributed by atoms with Crippen LogP contribution in [0, 0.1) is 5.92 Å². The van der Waals surface area contributed by atoms with Crippen LogP contribution in [0.1, 0.15) is 29.8 Å². The average Bonchev–Trinajstić information content (AvgIpc) is 3.16. The number of nitrogens with two attached hydrogens (primary N) is 1. The van der Waals surface area contributed by atoms with Crippen LogP contribution in [0.3, 0.4) is 0 Å². The van der Waals surface area contributed by atoms with Crippen molar-refractivity contribution in [1.29, 1.82) is 0 Å². The summed E-state index contributed by atoms with van der Waals surface area (Å²) in [5.41, 5.74) is 6.98. The molecular weight excluding hydrogens is 335 g/mol. The van der Waals surface area contributed by atoms with Gasteiger partial charge in [-0.3, -0.25) is 4.79 Å². The number of aromatic nitrogens is 2. The highest BCUT2D eigenvalue weighted by Crippen LogP contribution is 2.24. The Balaban J connectivity index is 0.00000192. The Labute approximate surface area is 146 Å². The molecule has 0 spiro atoms. The minimum absolute atomic E-state index is 0. The van der Waals surface area contributed by atoms with Crippen molar-refractivity contribution in [3.8, 4) is 5.69 Å². The molecule has 7 heteroatoms. The molecule has 3 N–H and O–H groups in total. The lowest BCUT2D eigenvalue weighted by Gasteiger charge is -2.18. The third-order valence-electron chi connectivity index (χ3n) is 4.17. The van der Waals surface area contributed by atoms with E-state index < -0.39 is 0 Å². The van der Waals surface area contributed by atoms with Crippen LogP contribution in [0.4, 0.5) is 0 Å². The Hall–Kier alpha value is -1.56. The van der Waals surface area contributed by atoms with Crippen LogP contribution in [0.5, 0.6) is 0 Å². The summed E-state index contributed by atoms with van der Waals surface area (Å²) in [5, 5.41) is 8.02. The van der Waals surface area contributed by atoms with Crippen molar-refractivity contribution >= 4 is 29.9 Å². The number of carbonyl (C=O) groups excluding carboxylic acids is 1. The first kappa shape index (κ1) is 17.8. The molecule has 23 heavy (non-hydrogen) atoms. The van der Waals surface area contributed by atoms with Crippen molar-refractivity contribution in [3.05, 3.63) is 47.2 Å². The lowest BCUT2D eigenvalue weighted by Crippen LogP contribution is -2.40. The van der Waals surface area contributed by atoms with Crippen molar-refractivity contribution in [1.82, 2.24) is 15.1 Å². The monoisotopic (exact) mass is 354 g/mol. The molecule has 2 atom stereocenters. The summed E-state index contributed by atoms with van der Waals surface area (Å²) in [6.07, 6.45) is 4.94. The predicted molar refractivity (Wildman–Crippen MR) is 93.5 cm³/mol. The quantitative estimate of drug-likeness (QED) is 0.886. The van der Waals surface area contributed by atoms with E-state index in [2.05, 4.69) is 10.4 Å². The molecule has 124 valence electrons. The van der Waals surface area contributed by atoms with Gasteiger partial charge in [0, 0.05) is 17.3 Å². The SMILES string of the molecule is Cl.NCC1CCCC1NC(=O)c1ccn(-c2cccc(Cl)c2)n1. The van der Waals surface area contributed by atoms with E-state index in [-0.39, 0.29) is 24.4 Å². The van der Waals surface area contributed by atoms with E-state index >= 15 is 0 Å². The molecule has 1 aliphatic rings. The zero-order valence-corrected chi connectivity index (χ0v) is 14.2. The number of nitrogens with one attached hydrogen (secondary N) is 1. The van der Waals surface area contributed by atoms with E-state index in [4.69, 9.17) is 17.3 Å². The second-order valence-electron chi connectivity index (χ2n) is 5.63. The summed E-state index contributed by atoms with van der Waals surface area (Å²) in [6, 6.07) is 9.22. The first-order valence-electron chi connectivity index (χ1n) is 7.50. The van der Waals surface area contributed by atoms with Gasteiger partial charge in [0.25, 0.3) is 5.91 Å². The number of nitrogens with zero attached hydrogens (tertiary/aromatic N) is 2. The number of hydrogen-bond donors (Lipinski definition) is 2. The number of amides is 1. The van der Waals surface area contributed by atoms with Crippen LogP contribution < -0.4 is 11.1 Å². The molecule has 1 heterocycles. The Kier molecular flexibility index (Phi) is 6.04. The fourth-order valence-electron chi connectivity index (χ4n) is 2.96. The van der Waals surface area contributed by atoms with Crippen LogP contribution in [-0.2, 0) is 0 Å². The lowest BCUT2D eigenvalue weighted by atomic mass is 10.0. The highest BCUT2D eigenvalue weighted by molar-refractivity contribution is 6.30. The predicted octanol–water partition coefficient (Wildman–Crippen LogP) is 2.80. The van der Waals surface area contributed by atoms with E-state index in [0.29, 0.717) is 23.2 Å². The van der Waals surface area contributed by atoms with Gasteiger partial charge in [-0.25, -0.2) is 4.68 Å². The third kappa shape index (κ3) is 4.05. The van der Waals surface area contributed by atoms with E-state index in [9.17, 15) is 4.79 Å². The molecule has 1 aromatic carbocycles. The Morgan fingerprint density at radius 3 is 2.96 bits per heavy atom. The summed E-state index contributed by atoms with van der Waals surface area (Å²) in [7, 11) is 0. The highest BCUT2D eigenvalue weighted by Gasteiger charge is 2.28. The second kappa shape index (κ2) is 7.81. The highest BCUT2D eigenvalue weighted by atomic mass is 35.5. The molecule has 0 saturated heterocycles. The van der Waals surface area contributed by atoms with Gasteiger partial charge in [-0.1, -0.05) is 24.1 Å². The number of benzene rings is 1. The zero-order chi connectivity index (χ0) is 15.5. The Morgan fingerprint density at radius 1 is 1.39 bits per heavy atom. The summed E-state index contributed by atoms with van der Waals surface area (Å²) in [5.74, 6) is 0.227. The maximum atomic E-state index is 12.3. The van der Waals surface area contributed by atoms with Crippen LogP contribution in [-0.4, -0.2) is 28.3 Å². The van der Waals surface area contributed by atoms with Gasteiger partial charge >= 0.3 is 0 Å². The summed E-state index contributed by atoms with van der Waals surface area (Å²) >= 11 is 5.98. The number of halogens is 2. The van der Waals surface area contributed by atoms with Crippen LogP contribution >= 0.6 is 24.0 Å². The Bertz CT molecular complexity index is 674. The van der Waals surface area contributed by atoms with Gasteiger partial charge in [0.1, 0.15) is 0 Å². The van der Waals surface area contributed by atoms with Crippen LogP contribution in [0.15, 0.2) is 36.5 Å². The molecule has 0 radical (unpaired) electrons. The Morgan fingerprint density at radius 2 is 2.22 bits per heavy atom. The van der Waals surface area contributed by atoms with Gasteiger partial charge < -0.3 is 11.1 Å². The minimum Gasteiger partial charge on any atom is -0.348 e. The molecule has 0 bridgehead atoms. The fourth-order valence-corrected chi connectivity index (χ4v) is 3.14. The van der Waals surface area contributed by atoms with Gasteiger partial charge in [0.05, 0.1) is 5.69 Å². The molecule has 2 aromatic rings. The van der Waals surface area contributed by atoms with Crippen molar-refractivity contribution in [2.75, 3.05) is 6.54 Å². The topological polar surface area (TPSA) is 72.9 Å². The zero-order valence-electron chi connectivity index (χ0n) is 12.6. The third-order valence-corrected chi connectivity index (χ3v) is 4.41. The van der Waals surface area contributed by atoms with Gasteiger partial charge in [-0.15, -0.1) is 12.4 Å². The molecule has 2 unspecified atom stereocenters. The second-order valence-corrected chi connectivity index (χ2v) is 6.07. The summed E-state index contributed by atoms with van der Waals surface area (Å²) < 4.78 is 1.65. The largest absolute Gasteiger partial charge is 0.348 e. The van der Waals surface area contributed by atoms with Gasteiger partial charge in [0.2, 0.25) is 0 Å². The number of carbonyl (C=O) groups is 1. The summed E-state index contributed by atoms with van der Waals surface area (Å²) in [4.78, 5) is 12.3. The van der Waals surface area contributed by atoms with Gasteiger partial charge in [0.15, 0.2) is 5.69 Å². The molecule has 1 aliphatic carbocycles. The van der Waals surface area contributed by atoms with Crippen molar-refractivity contribution in [2.24, 2.45) is 11.7 Å². The van der Waals surface area contributed by atoms with E-state index in [0.717, 1.165) is 24.9 Å². The van der Waals surface area contributed by atoms with E-state index in [1.807, 2.05) is 12.1 Å². The summed E-state index contributed by atoms with van der Waals surface area (Å²) in [6.45, 7) is 0.613. The molecule has 1 fully saturated rings. The number of hydrogen-bond acceptors (Lipinski definition) is 3. The first-order valence-corrected chi connectivity index (χ1v) is 7.87. The molecule has 3 rings (SSSR count). The van der Waals surface area contributed by atoms with Crippen molar-refractivity contribution in [3.63, 3.8) is 0 Å². The van der Waals surface area contributed by atoms with Crippen molar-refractivity contribution < 1.29 is 4.79 Å². The van der Waals surface area contributed by atoms with Crippen LogP contribution in [0.25, 0.3) is 5.69 Å². The minimum atomic E-state index is -0.147. The number of rotatable bonds is 4. The van der Waals surface area contributed by atoms with Gasteiger partial charge in [-0.05, 0) is 49.6 Å². The fraction of sp³-hybridized carbons (Fsp3) is 0.375. The lowest BCUT2D eigenvalue weighted by molar-refractivity contribution is 0.0923. The maximum absolute atomic E-state index is 12.3. The smallest absolute Gasteiger partial charge is 0.272 e. The molecule has 1 amide bonds. The molecular formula is C16H20Cl2N4O. The average molecular weight is 355 g/mol.